The van der Waals surface area contributed by atoms with Crippen molar-refractivity contribution in [3.05, 3.63) is 5.82 Å². The summed E-state index contributed by atoms with van der Waals surface area (Å²) >= 11 is 1.69. The highest BCUT2D eigenvalue weighted by molar-refractivity contribution is 7.99. The number of carbonyl (C=O) groups is 1. The molecule has 20 heavy (non-hydrogen) atoms. The predicted molar refractivity (Wildman–Crippen MR) is 79.8 cm³/mol. The molecule has 0 aliphatic rings. The summed E-state index contributed by atoms with van der Waals surface area (Å²) < 4.78 is 6.81. The Labute approximate surface area is 124 Å². The number of hydrogen-bond acceptors (Lipinski definition) is 6. The van der Waals surface area contributed by atoms with Crippen LogP contribution >= 0.6 is 11.8 Å². The highest BCUT2D eigenvalue weighted by Crippen LogP contribution is 2.20. The van der Waals surface area contributed by atoms with Gasteiger partial charge in [0.25, 0.3) is 0 Å². The molecule has 0 aromatic carbocycles. The highest BCUT2D eigenvalue weighted by Gasteiger charge is 2.31. The van der Waals surface area contributed by atoms with Gasteiger partial charge in [0.2, 0.25) is 0 Å². The summed E-state index contributed by atoms with van der Waals surface area (Å²) in [6.45, 7) is 3.81. The van der Waals surface area contributed by atoms with Gasteiger partial charge in [-0.25, -0.2) is 0 Å². The van der Waals surface area contributed by atoms with Crippen LogP contribution in [0.25, 0.3) is 0 Å². The van der Waals surface area contributed by atoms with Crippen LogP contribution in [0.2, 0.25) is 0 Å². The average Bonchev–Trinajstić information content (AvgIpc) is 2.77. The number of esters is 1. The third-order valence-electron chi connectivity index (χ3n) is 3.54. The summed E-state index contributed by atoms with van der Waals surface area (Å²) in [6.07, 6.45) is 2.73. The first-order valence-corrected chi connectivity index (χ1v) is 7.69. The highest BCUT2D eigenvalue weighted by atomic mass is 32.2. The van der Waals surface area contributed by atoms with E-state index >= 15 is 0 Å². The second-order valence-electron chi connectivity index (χ2n) is 4.97. The number of nitrogens with zero attached hydrogens (tertiary/aromatic N) is 3. The third kappa shape index (κ3) is 4.21. The van der Waals surface area contributed by atoms with Crippen LogP contribution in [0, 0.1) is 6.92 Å². The molecule has 0 aliphatic carbocycles. The lowest BCUT2D eigenvalue weighted by molar-refractivity contribution is -0.148. The zero-order chi connectivity index (χ0) is 15.2. The summed E-state index contributed by atoms with van der Waals surface area (Å²) in [5.74, 6) is 1.67. The minimum atomic E-state index is -0.596. The SMILES string of the molecule is CNC(C)(CCCCSc1nnc(C)n1C)C(=O)OC. The first-order valence-electron chi connectivity index (χ1n) is 6.70. The molecule has 7 heteroatoms. The molecule has 1 unspecified atom stereocenters. The lowest BCUT2D eigenvalue weighted by Crippen LogP contribution is -2.48. The second kappa shape index (κ2) is 7.64. The van der Waals surface area contributed by atoms with Gasteiger partial charge in [-0.2, -0.15) is 0 Å². The molecular weight excluding hydrogens is 276 g/mol. The van der Waals surface area contributed by atoms with Gasteiger partial charge in [-0.15, -0.1) is 10.2 Å². The molecule has 1 aromatic rings. The molecule has 0 bridgehead atoms. The second-order valence-corrected chi connectivity index (χ2v) is 6.03. The van der Waals surface area contributed by atoms with Gasteiger partial charge < -0.3 is 14.6 Å². The summed E-state index contributed by atoms with van der Waals surface area (Å²) in [7, 11) is 5.17. The molecule has 0 radical (unpaired) electrons. The van der Waals surface area contributed by atoms with Gasteiger partial charge in [0.15, 0.2) is 5.16 Å². The maximum absolute atomic E-state index is 11.7. The van der Waals surface area contributed by atoms with Crippen molar-refractivity contribution in [2.75, 3.05) is 19.9 Å². The van der Waals surface area contributed by atoms with Crippen LogP contribution in [0.4, 0.5) is 0 Å². The molecule has 1 heterocycles. The molecule has 1 N–H and O–H groups in total. The van der Waals surface area contributed by atoms with Crippen molar-refractivity contribution < 1.29 is 9.53 Å². The quantitative estimate of drug-likeness (QED) is 0.446. The van der Waals surface area contributed by atoms with E-state index in [9.17, 15) is 4.79 Å². The smallest absolute Gasteiger partial charge is 0.325 e. The van der Waals surface area contributed by atoms with E-state index in [0.29, 0.717) is 0 Å². The van der Waals surface area contributed by atoms with Gasteiger partial charge in [-0.05, 0) is 33.7 Å². The first kappa shape index (κ1) is 17.0. The van der Waals surface area contributed by atoms with Crippen molar-refractivity contribution in [3.8, 4) is 0 Å². The van der Waals surface area contributed by atoms with Crippen molar-refractivity contribution in [1.82, 2.24) is 20.1 Å². The molecule has 0 aliphatic heterocycles. The monoisotopic (exact) mass is 300 g/mol. The minimum absolute atomic E-state index is 0.212. The number of aryl methyl sites for hydroxylation is 1. The molecule has 1 rings (SSSR count). The number of rotatable bonds is 8. The Morgan fingerprint density at radius 3 is 2.65 bits per heavy atom. The summed E-state index contributed by atoms with van der Waals surface area (Å²) in [6, 6.07) is 0. The van der Waals surface area contributed by atoms with Crippen LogP contribution in [0.1, 0.15) is 32.0 Å². The Morgan fingerprint density at radius 2 is 2.15 bits per heavy atom. The fourth-order valence-corrected chi connectivity index (χ4v) is 2.77. The molecule has 0 saturated heterocycles. The molecule has 0 fully saturated rings. The first-order chi connectivity index (χ1) is 9.44. The normalized spacial score (nSPS) is 14.1. The van der Waals surface area contributed by atoms with Crippen molar-refractivity contribution >= 4 is 17.7 Å². The number of methoxy groups -OCH3 is 1. The number of hydrogen-bond donors (Lipinski definition) is 1. The van der Waals surface area contributed by atoms with Crippen LogP contribution in [0.5, 0.6) is 0 Å². The van der Waals surface area contributed by atoms with E-state index in [-0.39, 0.29) is 5.97 Å². The minimum Gasteiger partial charge on any atom is -0.468 e. The van der Waals surface area contributed by atoms with E-state index in [2.05, 4.69) is 15.5 Å². The van der Waals surface area contributed by atoms with Crippen LogP contribution in [0.3, 0.4) is 0 Å². The fraction of sp³-hybridized carbons (Fsp3) is 0.769. The summed E-state index contributed by atoms with van der Waals surface area (Å²) in [5.41, 5.74) is -0.596. The fourth-order valence-electron chi connectivity index (χ4n) is 1.81. The number of nitrogens with one attached hydrogen (secondary N) is 1. The molecule has 0 amide bonds. The predicted octanol–water partition coefficient (Wildman–Crippen LogP) is 1.54. The number of likely N-dealkylation sites (N-methyl/N-ethyl adjacent to an activating group) is 1. The van der Waals surface area contributed by atoms with Crippen molar-refractivity contribution in [3.63, 3.8) is 0 Å². The molecule has 6 nitrogen and oxygen atoms in total. The molecule has 1 atom stereocenters. The number of unbranched alkanes of at least 4 members (excludes halogenated alkanes) is 1. The van der Waals surface area contributed by atoms with Gasteiger partial charge >= 0.3 is 5.97 Å². The maximum Gasteiger partial charge on any atom is 0.325 e. The average molecular weight is 300 g/mol. The van der Waals surface area contributed by atoms with Crippen LogP contribution < -0.4 is 5.32 Å². The van der Waals surface area contributed by atoms with Gasteiger partial charge in [0, 0.05) is 12.8 Å². The Hall–Kier alpha value is -1.08. The van der Waals surface area contributed by atoms with Crippen LogP contribution in [-0.2, 0) is 16.6 Å². The number of aromatic nitrogens is 3. The van der Waals surface area contributed by atoms with Gasteiger partial charge in [-0.1, -0.05) is 18.2 Å². The van der Waals surface area contributed by atoms with E-state index < -0.39 is 5.54 Å². The Kier molecular flexibility index (Phi) is 6.48. The van der Waals surface area contributed by atoms with E-state index in [1.54, 1.807) is 18.8 Å². The molecule has 0 saturated carbocycles. The van der Waals surface area contributed by atoms with Crippen LogP contribution in [-0.4, -0.2) is 46.2 Å². The lowest BCUT2D eigenvalue weighted by Gasteiger charge is -2.25. The van der Waals surface area contributed by atoms with Crippen molar-refractivity contribution in [1.29, 1.82) is 0 Å². The van der Waals surface area contributed by atoms with Gasteiger partial charge in [-0.3, -0.25) is 4.79 Å². The van der Waals surface area contributed by atoms with Crippen molar-refractivity contribution in [2.45, 2.75) is 43.8 Å². The number of carbonyl (C=O) groups excluding carboxylic acids is 1. The lowest BCUT2D eigenvalue weighted by atomic mass is 9.95. The van der Waals surface area contributed by atoms with E-state index in [1.807, 2.05) is 25.5 Å². The molecule has 1 aromatic heterocycles. The van der Waals surface area contributed by atoms with E-state index in [0.717, 1.165) is 36.0 Å². The van der Waals surface area contributed by atoms with Crippen molar-refractivity contribution in [2.24, 2.45) is 7.05 Å². The Balaban J connectivity index is 2.31. The van der Waals surface area contributed by atoms with E-state index in [1.165, 1.54) is 7.11 Å². The zero-order valence-corrected chi connectivity index (χ0v) is 13.7. The zero-order valence-electron chi connectivity index (χ0n) is 12.9. The Bertz CT molecular complexity index is 450. The summed E-state index contributed by atoms with van der Waals surface area (Å²) in [4.78, 5) is 11.7. The van der Waals surface area contributed by atoms with Crippen LogP contribution in [0.15, 0.2) is 5.16 Å². The summed E-state index contributed by atoms with van der Waals surface area (Å²) in [5, 5.41) is 12.1. The topological polar surface area (TPSA) is 69.0 Å². The molecule has 0 spiro atoms. The molecule has 114 valence electrons. The maximum atomic E-state index is 11.7. The standard InChI is InChI=1S/C13H24N4O2S/c1-10-15-16-12(17(10)4)20-9-7-6-8-13(2,14-3)11(18)19-5/h14H,6-9H2,1-5H3. The number of ether oxygens (including phenoxy) is 1. The van der Waals surface area contributed by atoms with Gasteiger partial charge in [0.05, 0.1) is 7.11 Å². The van der Waals surface area contributed by atoms with Gasteiger partial charge in [0.1, 0.15) is 11.4 Å². The largest absolute Gasteiger partial charge is 0.468 e. The molecular formula is C13H24N4O2S. The third-order valence-corrected chi connectivity index (χ3v) is 4.65. The Morgan fingerprint density at radius 1 is 1.45 bits per heavy atom. The van der Waals surface area contributed by atoms with E-state index in [4.69, 9.17) is 4.74 Å². The number of thioether (sulfide) groups is 1.